The Kier molecular flexibility index (Phi) is 3.94. The second-order valence-electron chi connectivity index (χ2n) is 3.19. The minimum absolute atomic E-state index is 0.620. The van der Waals surface area contributed by atoms with Crippen molar-refractivity contribution in [3.8, 4) is 11.5 Å². The van der Waals surface area contributed by atoms with Crippen LogP contribution in [0.15, 0.2) is 18.2 Å². The lowest BCUT2D eigenvalue weighted by atomic mass is 10.1. The molecule has 0 unspecified atom stereocenters. The molecule has 1 aromatic rings. The minimum Gasteiger partial charge on any atom is -0.493 e. The summed E-state index contributed by atoms with van der Waals surface area (Å²) in [6.07, 6.45) is 2.62. The highest BCUT2D eigenvalue weighted by Gasteiger charge is 2.09. The molecule has 16 heavy (non-hydrogen) atoms. The van der Waals surface area contributed by atoms with Crippen LogP contribution in [0.4, 0.5) is 0 Å². The minimum atomic E-state index is -0.978. The van der Waals surface area contributed by atoms with Crippen molar-refractivity contribution < 1.29 is 19.4 Å². The summed E-state index contributed by atoms with van der Waals surface area (Å²) in [6, 6.07) is 3.53. The summed E-state index contributed by atoms with van der Waals surface area (Å²) in [6.45, 7) is 1.85. The van der Waals surface area contributed by atoms with Gasteiger partial charge >= 0.3 is 5.97 Å². The van der Waals surface area contributed by atoms with Gasteiger partial charge in [0.25, 0.3) is 0 Å². The highest BCUT2D eigenvalue weighted by atomic mass is 16.5. The third kappa shape index (κ3) is 2.53. The van der Waals surface area contributed by atoms with Crippen LogP contribution in [0, 0.1) is 6.92 Å². The molecule has 1 aromatic carbocycles. The van der Waals surface area contributed by atoms with Crippen molar-refractivity contribution in [3.63, 3.8) is 0 Å². The largest absolute Gasteiger partial charge is 0.493 e. The molecular weight excluding hydrogens is 208 g/mol. The van der Waals surface area contributed by atoms with E-state index in [0.29, 0.717) is 11.5 Å². The predicted molar refractivity (Wildman–Crippen MR) is 61.0 cm³/mol. The summed E-state index contributed by atoms with van der Waals surface area (Å²) >= 11 is 0. The lowest BCUT2D eigenvalue weighted by molar-refractivity contribution is -0.131. The zero-order valence-corrected chi connectivity index (χ0v) is 9.48. The zero-order chi connectivity index (χ0) is 12.1. The Morgan fingerprint density at radius 1 is 1.31 bits per heavy atom. The van der Waals surface area contributed by atoms with Gasteiger partial charge in [0.2, 0.25) is 0 Å². The molecule has 0 bridgehead atoms. The molecule has 0 heterocycles. The second-order valence-corrected chi connectivity index (χ2v) is 3.19. The Bertz CT molecular complexity index is 421. The van der Waals surface area contributed by atoms with Gasteiger partial charge in [-0.2, -0.15) is 0 Å². The van der Waals surface area contributed by atoms with Crippen molar-refractivity contribution in [3.05, 3.63) is 29.3 Å². The van der Waals surface area contributed by atoms with E-state index in [1.807, 2.05) is 6.92 Å². The highest BCUT2D eigenvalue weighted by Crippen LogP contribution is 2.33. The van der Waals surface area contributed by atoms with Crippen molar-refractivity contribution in [1.29, 1.82) is 0 Å². The van der Waals surface area contributed by atoms with Gasteiger partial charge in [0.1, 0.15) is 0 Å². The van der Waals surface area contributed by atoms with E-state index in [1.165, 1.54) is 6.08 Å². The standard InChI is InChI=1S/C12H14O4/c1-8-9(5-7-11(13)14)4-6-10(15-2)12(8)16-3/h4-7H,1-3H3,(H,13,14)/b7-5+. The molecule has 4 nitrogen and oxygen atoms in total. The van der Waals surface area contributed by atoms with Crippen molar-refractivity contribution in [2.24, 2.45) is 0 Å². The first-order valence-corrected chi connectivity index (χ1v) is 4.72. The molecule has 0 fully saturated rings. The van der Waals surface area contributed by atoms with Crippen molar-refractivity contribution in [1.82, 2.24) is 0 Å². The van der Waals surface area contributed by atoms with Crippen molar-refractivity contribution >= 4 is 12.0 Å². The Hall–Kier alpha value is -1.97. The van der Waals surface area contributed by atoms with Crippen LogP contribution in [-0.4, -0.2) is 25.3 Å². The first-order chi connectivity index (χ1) is 7.60. The second kappa shape index (κ2) is 5.21. The molecular formula is C12H14O4. The van der Waals surface area contributed by atoms with Gasteiger partial charge in [-0.15, -0.1) is 0 Å². The number of hydrogen-bond donors (Lipinski definition) is 1. The third-order valence-corrected chi connectivity index (χ3v) is 2.24. The van der Waals surface area contributed by atoms with E-state index < -0.39 is 5.97 Å². The maximum absolute atomic E-state index is 10.4. The average Bonchev–Trinajstić information content (AvgIpc) is 2.26. The van der Waals surface area contributed by atoms with Crippen LogP contribution in [0.5, 0.6) is 11.5 Å². The molecule has 1 rings (SSSR count). The lowest BCUT2D eigenvalue weighted by Gasteiger charge is -2.12. The topological polar surface area (TPSA) is 55.8 Å². The van der Waals surface area contributed by atoms with Crippen LogP contribution in [-0.2, 0) is 4.79 Å². The summed E-state index contributed by atoms with van der Waals surface area (Å²) in [5, 5.41) is 8.55. The van der Waals surface area contributed by atoms with Crippen LogP contribution in [0.1, 0.15) is 11.1 Å². The molecule has 0 radical (unpaired) electrons. The average molecular weight is 222 g/mol. The first-order valence-electron chi connectivity index (χ1n) is 4.72. The quantitative estimate of drug-likeness (QED) is 0.793. The van der Waals surface area contributed by atoms with E-state index in [1.54, 1.807) is 26.4 Å². The summed E-state index contributed by atoms with van der Waals surface area (Å²) in [7, 11) is 3.11. The van der Waals surface area contributed by atoms with Crippen LogP contribution in [0.2, 0.25) is 0 Å². The predicted octanol–water partition coefficient (Wildman–Crippen LogP) is 2.11. The summed E-state index contributed by atoms with van der Waals surface area (Å²) < 4.78 is 10.3. The van der Waals surface area contributed by atoms with Crippen LogP contribution in [0.25, 0.3) is 6.08 Å². The number of methoxy groups -OCH3 is 2. The lowest BCUT2D eigenvalue weighted by Crippen LogP contribution is -1.95. The number of hydrogen-bond acceptors (Lipinski definition) is 3. The van der Waals surface area contributed by atoms with Crippen LogP contribution < -0.4 is 9.47 Å². The van der Waals surface area contributed by atoms with Gasteiger partial charge in [-0.1, -0.05) is 6.07 Å². The van der Waals surface area contributed by atoms with E-state index in [4.69, 9.17) is 14.6 Å². The van der Waals surface area contributed by atoms with Crippen molar-refractivity contribution in [2.45, 2.75) is 6.92 Å². The summed E-state index contributed by atoms with van der Waals surface area (Å²) in [5.41, 5.74) is 1.64. The van der Waals surface area contributed by atoms with Gasteiger partial charge in [-0.3, -0.25) is 0 Å². The van der Waals surface area contributed by atoms with E-state index >= 15 is 0 Å². The van der Waals surface area contributed by atoms with E-state index in [9.17, 15) is 4.79 Å². The first kappa shape index (κ1) is 12.1. The monoisotopic (exact) mass is 222 g/mol. The fourth-order valence-electron chi connectivity index (χ4n) is 1.44. The smallest absolute Gasteiger partial charge is 0.328 e. The summed E-state index contributed by atoms with van der Waals surface area (Å²) in [5.74, 6) is 0.275. The molecule has 0 aliphatic rings. The fourth-order valence-corrected chi connectivity index (χ4v) is 1.44. The number of aliphatic carboxylic acids is 1. The maximum Gasteiger partial charge on any atom is 0.328 e. The molecule has 0 spiro atoms. The zero-order valence-electron chi connectivity index (χ0n) is 9.48. The normalized spacial score (nSPS) is 10.4. The van der Waals surface area contributed by atoms with Crippen LogP contribution in [0.3, 0.4) is 0 Å². The molecule has 0 aliphatic carbocycles. The Labute approximate surface area is 94.1 Å². The Morgan fingerprint density at radius 3 is 2.50 bits per heavy atom. The SMILES string of the molecule is COc1ccc(/C=C/C(=O)O)c(C)c1OC. The molecule has 0 atom stereocenters. The fraction of sp³-hybridized carbons (Fsp3) is 0.250. The number of benzene rings is 1. The van der Waals surface area contributed by atoms with Gasteiger partial charge in [0.05, 0.1) is 14.2 Å². The van der Waals surface area contributed by atoms with Crippen LogP contribution >= 0.6 is 0 Å². The molecule has 0 amide bonds. The molecule has 0 saturated heterocycles. The molecule has 86 valence electrons. The number of carboxylic acid groups (broad SMARTS) is 1. The molecule has 1 N–H and O–H groups in total. The highest BCUT2D eigenvalue weighted by molar-refractivity contribution is 5.85. The number of carboxylic acids is 1. The Morgan fingerprint density at radius 2 is 2.00 bits per heavy atom. The van der Waals surface area contributed by atoms with Gasteiger partial charge < -0.3 is 14.6 Å². The Balaban J connectivity index is 3.18. The maximum atomic E-state index is 10.4. The summed E-state index contributed by atoms with van der Waals surface area (Å²) in [4.78, 5) is 10.4. The molecule has 0 aromatic heterocycles. The molecule has 0 saturated carbocycles. The number of rotatable bonds is 4. The number of ether oxygens (including phenoxy) is 2. The third-order valence-electron chi connectivity index (χ3n) is 2.24. The van der Waals surface area contributed by atoms with Gasteiger partial charge in [0.15, 0.2) is 11.5 Å². The number of carbonyl (C=O) groups is 1. The van der Waals surface area contributed by atoms with Gasteiger partial charge in [-0.05, 0) is 24.6 Å². The van der Waals surface area contributed by atoms with Gasteiger partial charge in [0, 0.05) is 11.6 Å². The van der Waals surface area contributed by atoms with E-state index in [0.717, 1.165) is 17.2 Å². The van der Waals surface area contributed by atoms with E-state index in [2.05, 4.69) is 0 Å². The van der Waals surface area contributed by atoms with E-state index in [-0.39, 0.29) is 0 Å². The molecule has 0 aliphatic heterocycles. The molecule has 4 heteroatoms. The van der Waals surface area contributed by atoms with Gasteiger partial charge in [-0.25, -0.2) is 4.79 Å². The van der Waals surface area contributed by atoms with Crippen molar-refractivity contribution in [2.75, 3.05) is 14.2 Å².